The zero-order valence-corrected chi connectivity index (χ0v) is 17.0. The van der Waals surface area contributed by atoms with Crippen LogP contribution in [-0.4, -0.2) is 37.6 Å². The number of methoxy groups -OCH3 is 1. The van der Waals surface area contributed by atoms with E-state index < -0.39 is 0 Å². The summed E-state index contributed by atoms with van der Waals surface area (Å²) in [5, 5.41) is 3.03. The summed E-state index contributed by atoms with van der Waals surface area (Å²) < 4.78 is 10.5. The molecule has 6 nitrogen and oxygen atoms in total. The van der Waals surface area contributed by atoms with Gasteiger partial charge in [0, 0.05) is 6.54 Å². The average Bonchev–Trinajstić information content (AvgIpc) is 3.34. The largest absolute Gasteiger partial charge is 0.497 e. The molecule has 0 saturated carbocycles. The van der Waals surface area contributed by atoms with Crippen LogP contribution in [0.4, 0.5) is 0 Å². The van der Waals surface area contributed by atoms with Gasteiger partial charge in [-0.05, 0) is 49.7 Å². The number of rotatable bonds is 7. The van der Waals surface area contributed by atoms with Gasteiger partial charge >= 0.3 is 0 Å². The molecule has 0 aliphatic carbocycles. The number of hydrogen-bond acceptors (Lipinski definition) is 5. The summed E-state index contributed by atoms with van der Waals surface area (Å²) >= 11 is 0. The molecule has 1 unspecified atom stereocenters. The maximum atomic E-state index is 12.4. The first-order valence-corrected chi connectivity index (χ1v) is 8.65. The molecule has 8 heteroatoms. The summed E-state index contributed by atoms with van der Waals surface area (Å²) in [6.45, 7) is 2.94. The minimum atomic E-state index is -0.138. The normalized spacial score (nSPS) is 14.7. The minimum Gasteiger partial charge on any atom is -0.497 e. The number of benzene rings is 1. The number of hydrogen-bond donors (Lipinski definition) is 2. The Morgan fingerprint density at radius 2 is 1.93 bits per heavy atom. The Balaban J connectivity index is 0.00000182. The summed E-state index contributed by atoms with van der Waals surface area (Å²) in [6.07, 6.45) is 3.85. The van der Waals surface area contributed by atoms with Crippen molar-refractivity contribution in [2.75, 3.05) is 26.7 Å². The molecule has 1 fully saturated rings. The summed E-state index contributed by atoms with van der Waals surface area (Å²) in [6, 6.07) is 9.90. The van der Waals surface area contributed by atoms with E-state index in [2.05, 4.69) is 22.3 Å². The van der Waals surface area contributed by atoms with Crippen LogP contribution in [0, 0.1) is 0 Å². The molecule has 1 aromatic carbocycles. The van der Waals surface area contributed by atoms with Crippen molar-refractivity contribution < 1.29 is 13.9 Å². The van der Waals surface area contributed by atoms with Gasteiger partial charge in [-0.3, -0.25) is 9.69 Å². The lowest BCUT2D eigenvalue weighted by atomic mass is 10.0. The number of halogens is 2. The Morgan fingerprint density at radius 1 is 1.26 bits per heavy atom. The third-order valence-corrected chi connectivity index (χ3v) is 4.66. The van der Waals surface area contributed by atoms with Gasteiger partial charge in [0.05, 0.1) is 25.3 Å². The number of carbonyl (C=O) groups is 1. The molecule has 0 radical (unpaired) electrons. The van der Waals surface area contributed by atoms with Crippen LogP contribution >= 0.6 is 24.8 Å². The molecule has 1 aliphatic heterocycles. The molecule has 1 atom stereocenters. The highest BCUT2D eigenvalue weighted by Gasteiger charge is 2.24. The predicted octanol–water partition coefficient (Wildman–Crippen LogP) is 3.16. The molecule has 2 heterocycles. The number of furan rings is 1. The van der Waals surface area contributed by atoms with Crippen LogP contribution in [0.5, 0.6) is 5.75 Å². The molecular weight excluding hydrogens is 389 g/mol. The second-order valence-corrected chi connectivity index (χ2v) is 6.25. The molecule has 3 rings (SSSR count). The Hall–Kier alpha value is -1.73. The number of nitrogens with two attached hydrogens (primary N) is 1. The standard InChI is InChI=1S/C19H25N3O3.2ClH/c1-24-16-6-4-14(5-7-16)18(22-8-2-3-9-22)12-21-19(23)15-10-17(11-20)25-13-15;;/h4-7,10,13,18H,2-3,8-9,11-12,20H2,1H3,(H,21,23);2*1H. The Morgan fingerprint density at radius 3 is 2.48 bits per heavy atom. The van der Waals surface area contributed by atoms with Gasteiger partial charge in [0.2, 0.25) is 0 Å². The SMILES string of the molecule is COc1ccc(C(CNC(=O)c2coc(CN)c2)N2CCCC2)cc1.Cl.Cl. The smallest absolute Gasteiger partial charge is 0.254 e. The first kappa shape index (κ1) is 23.3. The summed E-state index contributed by atoms with van der Waals surface area (Å²) in [5.41, 5.74) is 7.21. The van der Waals surface area contributed by atoms with Gasteiger partial charge < -0.3 is 20.2 Å². The third-order valence-electron chi connectivity index (χ3n) is 4.66. The predicted molar refractivity (Wildman–Crippen MR) is 110 cm³/mol. The molecule has 1 saturated heterocycles. The summed E-state index contributed by atoms with van der Waals surface area (Å²) in [5.74, 6) is 1.30. The van der Waals surface area contributed by atoms with E-state index in [1.54, 1.807) is 13.2 Å². The van der Waals surface area contributed by atoms with Gasteiger partial charge in [0.15, 0.2) is 0 Å². The van der Waals surface area contributed by atoms with Crippen LogP contribution in [0.1, 0.15) is 40.6 Å². The van der Waals surface area contributed by atoms with E-state index in [-0.39, 0.29) is 43.3 Å². The second kappa shape index (κ2) is 11.2. The zero-order valence-electron chi connectivity index (χ0n) is 15.3. The van der Waals surface area contributed by atoms with Gasteiger partial charge in [-0.25, -0.2) is 0 Å². The molecule has 3 N–H and O–H groups in total. The lowest BCUT2D eigenvalue weighted by Gasteiger charge is -2.28. The van der Waals surface area contributed by atoms with Gasteiger partial charge in [-0.2, -0.15) is 0 Å². The number of nitrogens with zero attached hydrogens (tertiary/aromatic N) is 1. The van der Waals surface area contributed by atoms with Gasteiger partial charge in [-0.15, -0.1) is 24.8 Å². The fraction of sp³-hybridized carbons (Fsp3) is 0.421. The maximum absolute atomic E-state index is 12.4. The third kappa shape index (κ3) is 5.87. The fourth-order valence-corrected chi connectivity index (χ4v) is 3.24. The molecule has 0 bridgehead atoms. The van der Waals surface area contributed by atoms with E-state index in [1.807, 2.05) is 12.1 Å². The van der Waals surface area contributed by atoms with Crippen LogP contribution in [0.15, 0.2) is 41.0 Å². The fourth-order valence-electron chi connectivity index (χ4n) is 3.24. The van der Waals surface area contributed by atoms with Crippen molar-refractivity contribution in [2.24, 2.45) is 5.73 Å². The second-order valence-electron chi connectivity index (χ2n) is 6.25. The average molecular weight is 416 g/mol. The van der Waals surface area contributed by atoms with Crippen molar-refractivity contribution >= 4 is 30.7 Å². The highest BCUT2D eigenvalue weighted by molar-refractivity contribution is 5.94. The van der Waals surface area contributed by atoms with Gasteiger partial charge in [0.25, 0.3) is 5.91 Å². The monoisotopic (exact) mass is 415 g/mol. The van der Waals surface area contributed by atoms with Crippen LogP contribution in [0.3, 0.4) is 0 Å². The van der Waals surface area contributed by atoms with Crippen LogP contribution in [0.2, 0.25) is 0 Å². The van der Waals surface area contributed by atoms with Crippen molar-refractivity contribution in [3.05, 3.63) is 53.5 Å². The topological polar surface area (TPSA) is 80.7 Å². The van der Waals surface area contributed by atoms with E-state index in [0.717, 1.165) is 18.8 Å². The van der Waals surface area contributed by atoms with Crippen LogP contribution in [-0.2, 0) is 6.54 Å². The number of amides is 1. The minimum absolute atomic E-state index is 0. The number of ether oxygens (including phenoxy) is 1. The van der Waals surface area contributed by atoms with Gasteiger partial charge in [0.1, 0.15) is 17.8 Å². The Kier molecular flexibility index (Phi) is 9.66. The van der Waals surface area contributed by atoms with Crippen molar-refractivity contribution in [3.63, 3.8) is 0 Å². The summed E-state index contributed by atoms with van der Waals surface area (Å²) in [4.78, 5) is 14.8. The molecule has 0 spiro atoms. The number of carbonyl (C=O) groups excluding carboxylic acids is 1. The van der Waals surface area contributed by atoms with E-state index in [0.29, 0.717) is 17.9 Å². The molecule has 1 aliphatic rings. The lowest BCUT2D eigenvalue weighted by molar-refractivity contribution is 0.0937. The van der Waals surface area contributed by atoms with Crippen LogP contribution in [0.25, 0.3) is 0 Å². The van der Waals surface area contributed by atoms with E-state index in [9.17, 15) is 4.79 Å². The molecular formula is C19H27Cl2N3O3. The first-order chi connectivity index (χ1) is 12.2. The Bertz CT molecular complexity index is 700. The maximum Gasteiger partial charge on any atom is 0.254 e. The van der Waals surface area contributed by atoms with Crippen LogP contribution < -0.4 is 15.8 Å². The Labute approximate surface area is 172 Å². The highest BCUT2D eigenvalue weighted by atomic mass is 35.5. The zero-order chi connectivity index (χ0) is 17.6. The summed E-state index contributed by atoms with van der Waals surface area (Å²) in [7, 11) is 1.66. The molecule has 2 aromatic rings. The molecule has 1 aromatic heterocycles. The molecule has 1 amide bonds. The number of nitrogens with one attached hydrogen (secondary N) is 1. The lowest BCUT2D eigenvalue weighted by Crippen LogP contribution is -2.36. The highest BCUT2D eigenvalue weighted by Crippen LogP contribution is 2.26. The van der Waals surface area contributed by atoms with Crippen molar-refractivity contribution in [3.8, 4) is 5.75 Å². The van der Waals surface area contributed by atoms with Gasteiger partial charge in [-0.1, -0.05) is 12.1 Å². The number of likely N-dealkylation sites (tertiary alicyclic amines) is 1. The van der Waals surface area contributed by atoms with Crippen molar-refractivity contribution in [1.29, 1.82) is 0 Å². The van der Waals surface area contributed by atoms with E-state index in [4.69, 9.17) is 14.9 Å². The molecule has 27 heavy (non-hydrogen) atoms. The van der Waals surface area contributed by atoms with E-state index in [1.165, 1.54) is 24.7 Å². The van der Waals surface area contributed by atoms with Crippen molar-refractivity contribution in [2.45, 2.75) is 25.4 Å². The van der Waals surface area contributed by atoms with E-state index >= 15 is 0 Å². The van der Waals surface area contributed by atoms with Crippen molar-refractivity contribution in [1.82, 2.24) is 10.2 Å². The molecule has 150 valence electrons. The first-order valence-electron chi connectivity index (χ1n) is 8.65. The quantitative estimate of drug-likeness (QED) is 0.725.